The Morgan fingerprint density at radius 3 is 2.17 bits per heavy atom. The predicted molar refractivity (Wildman–Crippen MR) is 131 cm³/mol. The number of sulfonamides is 2. The van der Waals surface area contributed by atoms with Gasteiger partial charge in [-0.05, 0) is 38.1 Å². The first-order valence-corrected chi connectivity index (χ1v) is 14.4. The molecule has 4 rings (SSSR count). The van der Waals surface area contributed by atoms with Crippen molar-refractivity contribution >= 4 is 31.6 Å². The van der Waals surface area contributed by atoms with Crippen molar-refractivity contribution in [3.63, 3.8) is 0 Å². The summed E-state index contributed by atoms with van der Waals surface area (Å²) in [6.45, 7) is 4.38. The van der Waals surface area contributed by atoms with Crippen LogP contribution in [-0.4, -0.2) is 83.6 Å². The van der Waals surface area contributed by atoms with Crippen LogP contribution in [0, 0.1) is 6.92 Å². The molecule has 2 aliphatic rings. The molecule has 12 heteroatoms. The molecule has 2 aromatic carbocycles. The SMILES string of the molecule is CCS(=O)(=O)N(CC(=O)N1CCN(S(=O)(=O)c2ccc(C)cc2)CC1)c1ccc2c(c1)OCCO2. The normalized spacial score (nSPS) is 16.7. The third-order valence-corrected chi connectivity index (χ3v) is 9.70. The highest BCUT2D eigenvalue weighted by Gasteiger charge is 2.32. The molecule has 0 N–H and O–H groups in total. The molecule has 1 amide bonds. The Bertz CT molecular complexity index is 1290. The Balaban J connectivity index is 1.46. The Labute approximate surface area is 206 Å². The second-order valence-electron chi connectivity index (χ2n) is 8.33. The van der Waals surface area contributed by atoms with Crippen molar-refractivity contribution in [1.29, 1.82) is 0 Å². The molecule has 0 spiro atoms. The van der Waals surface area contributed by atoms with E-state index in [0.717, 1.165) is 9.87 Å². The third-order valence-electron chi connectivity index (χ3n) is 6.04. The summed E-state index contributed by atoms with van der Waals surface area (Å²) >= 11 is 0. The lowest BCUT2D eigenvalue weighted by Crippen LogP contribution is -2.53. The van der Waals surface area contributed by atoms with Gasteiger partial charge in [-0.2, -0.15) is 4.31 Å². The van der Waals surface area contributed by atoms with Gasteiger partial charge in [-0.25, -0.2) is 16.8 Å². The minimum absolute atomic E-state index is 0.131. The lowest BCUT2D eigenvalue weighted by Gasteiger charge is -2.35. The van der Waals surface area contributed by atoms with Gasteiger partial charge in [-0.1, -0.05) is 17.7 Å². The minimum Gasteiger partial charge on any atom is -0.486 e. The van der Waals surface area contributed by atoms with Gasteiger partial charge in [0, 0.05) is 32.2 Å². The fraction of sp³-hybridized carbons (Fsp3) is 0.435. The van der Waals surface area contributed by atoms with Crippen LogP contribution < -0.4 is 13.8 Å². The molecule has 1 saturated heterocycles. The van der Waals surface area contributed by atoms with Gasteiger partial charge in [0.25, 0.3) is 0 Å². The van der Waals surface area contributed by atoms with Crippen LogP contribution in [0.5, 0.6) is 11.5 Å². The van der Waals surface area contributed by atoms with E-state index in [1.807, 2.05) is 6.92 Å². The number of piperazine rings is 1. The number of nitrogens with zero attached hydrogens (tertiary/aromatic N) is 3. The van der Waals surface area contributed by atoms with Crippen LogP contribution in [0.25, 0.3) is 0 Å². The van der Waals surface area contributed by atoms with E-state index < -0.39 is 26.0 Å². The molecular weight excluding hydrogens is 494 g/mol. The highest BCUT2D eigenvalue weighted by Crippen LogP contribution is 2.35. The second kappa shape index (κ2) is 10.0. The summed E-state index contributed by atoms with van der Waals surface area (Å²) < 4.78 is 65.1. The van der Waals surface area contributed by atoms with E-state index >= 15 is 0 Å². The number of benzene rings is 2. The van der Waals surface area contributed by atoms with Crippen LogP contribution >= 0.6 is 0 Å². The Morgan fingerprint density at radius 2 is 1.54 bits per heavy atom. The quantitative estimate of drug-likeness (QED) is 0.540. The fourth-order valence-corrected chi connectivity index (χ4v) is 6.43. The van der Waals surface area contributed by atoms with Crippen LogP contribution in [0.1, 0.15) is 12.5 Å². The zero-order valence-electron chi connectivity index (χ0n) is 19.7. The second-order valence-corrected chi connectivity index (χ2v) is 12.5. The standard InChI is InChI=1S/C23H29N3O7S2/c1-3-34(28,29)26(19-6-9-21-22(16-19)33-15-14-32-21)17-23(27)24-10-12-25(13-11-24)35(30,31)20-7-4-18(2)5-8-20/h4-9,16H,3,10-15,17H2,1-2H3. The minimum atomic E-state index is -3.76. The summed E-state index contributed by atoms with van der Waals surface area (Å²) in [5, 5.41) is 0. The summed E-state index contributed by atoms with van der Waals surface area (Å²) in [6.07, 6.45) is 0. The first kappa shape index (κ1) is 25.3. The van der Waals surface area contributed by atoms with Crippen molar-refractivity contribution in [3.05, 3.63) is 48.0 Å². The van der Waals surface area contributed by atoms with E-state index in [2.05, 4.69) is 0 Å². The summed E-state index contributed by atoms with van der Waals surface area (Å²) in [6, 6.07) is 11.4. The number of hydrogen-bond donors (Lipinski definition) is 0. The number of ether oxygens (including phenoxy) is 2. The molecule has 0 bridgehead atoms. The highest BCUT2D eigenvalue weighted by molar-refractivity contribution is 7.92. The highest BCUT2D eigenvalue weighted by atomic mass is 32.2. The molecule has 0 aliphatic carbocycles. The molecule has 0 atom stereocenters. The molecule has 2 aromatic rings. The lowest BCUT2D eigenvalue weighted by atomic mass is 10.2. The largest absolute Gasteiger partial charge is 0.486 e. The summed E-state index contributed by atoms with van der Waals surface area (Å²) in [5.41, 5.74) is 1.27. The molecule has 0 saturated carbocycles. The van der Waals surface area contributed by atoms with Crippen LogP contribution in [0.4, 0.5) is 5.69 Å². The van der Waals surface area contributed by atoms with Crippen LogP contribution in [0.3, 0.4) is 0 Å². The van der Waals surface area contributed by atoms with Crippen molar-refractivity contribution in [2.75, 3.05) is 56.0 Å². The van der Waals surface area contributed by atoms with Crippen molar-refractivity contribution in [1.82, 2.24) is 9.21 Å². The first-order chi connectivity index (χ1) is 16.6. The molecular formula is C23H29N3O7S2. The third kappa shape index (κ3) is 5.39. The number of amides is 1. The van der Waals surface area contributed by atoms with E-state index in [1.165, 1.54) is 16.1 Å². The average Bonchev–Trinajstić information content (AvgIpc) is 2.87. The molecule has 0 radical (unpaired) electrons. The van der Waals surface area contributed by atoms with E-state index in [4.69, 9.17) is 9.47 Å². The Kier molecular flexibility index (Phi) is 7.25. The average molecular weight is 524 g/mol. The molecule has 10 nitrogen and oxygen atoms in total. The maximum absolute atomic E-state index is 13.1. The van der Waals surface area contributed by atoms with Crippen LogP contribution in [-0.2, 0) is 24.8 Å². The van der Waals surface area contributed by atoms with Crippen molar-refractivity contribution in [2.24, 2.45) is 0 Å². The smallest absolute Gasteiger partial charge is 0.243 e. The van der Waals surface area contributed by atoms with Crippen molar-refractivity contribution < 1.29 is 31.1 Å². The van der Waals surface area contributed by atoms with Crippen LogP contribution in [0.2, 0.25) is 0 Å². The Hall–Kier alpha value is -2.83. The topological polar surface area (TPSA) is 114 Å². The van der Waals surface area contributed by atoms with E-state index in [9.17, 15) is 21.6 Å². The molecule has 1 fully saturated rings. The number of hydrogen-bond acceptors (Lipinski definition) is 7. The molecule has 2 aliphatic heterocycles. The van der Waals surface area contributed by atoms with Gasteiger partial charge in [-0.15, -0.1) is 0 Å². The molecule has 2 heterocycles. The monoisotopic (exact) mass is 523 g/mol. The predicted octanol–water partition coefficient (Wildman–Crippen LogP) is 1.46. The molecule has 0 unspecified atom stereocenters. The van der Waals surface area contributed by atoms with Crippen LogP contribution in [0.15, 0.2) is 47.4 Å². The summed E-state index contributed by atoms with van der Waals surface area (Å²) in [7, 11) is -7.43. The number of anilines is 1. The maximum Gasteiger partial charge on any atom is 0.243 e. The number of rotatable bonds is 7. The number of fused-ring (bicyclic) bond motifs is 1. The molecule has 0 aromatic heterocycles. The summed E-state index contributed by atoms with van der Waals surface area (Å²) in [5.74, 6) is 0.361. The van der Waals surface area contributed by atoms with Crippen molar-refractivity contribution in [2.45, 2.75) is 18.7 Å². The zero-order chi connectivity index (χ0) is 25.2. The molecule has 190 valence electrons. The number of aryl methyl sites for hydroxylation is 1. The number of carbonyl (C=O) groups is 1. The number of carbonyl (C=O) groups excluding carboxylic acids is 1. The van der Waals surface area contributed by atoms with Gasteiger partial charge in [0.15, 0.2) is 11.5 Å². The molecule has 35 heavy (non-hydrogen) atoms. The van der Waals surface area contributed by atoms with Gasteiger partial charge in [0.2, 0.25) is 26.0 Å². The lowest BCUT2D eigenvalue weighted by molar-refractivity contribution is -0.130. The van der Waals surface area contributed by atoms with Gasteiger partial charge in [0.05, 0.1) is 16.3 Å². The fourth-order valence-electron chi connectivity index (χ4n) is 3.95. The maximum atomic E-state index is 13.1. The van der Waals surface area contributed by atoms with Crippen molar-refractivity contribution in [3.8, 4) is 11.5 Å². The van der Waals surface area contributed by atoms with Gasteiger partial charge >= 0.3 is 0 Å². The van der Waals surface area contributed by atoms with E-state index in [-0.39, 0.29) is 43.4 Å². The first-order valence-electron chi connectivity index (χ1n) is 11.4. The van der Waals surface area contributed by atoms with Gasteiger partial charge in [-0.3, -0.25) is 9.10 Å². The summed E-state index contributed by atoms with van der Waals surface area (Å²) in [4.78, 5) is 14.8. The van der Waals surface area contributed by atoms with Gasteiger partial charge < -0.3 is 14.4 Å². The van der Waals surface area contributed by atoms with E-state index in [1.54, 1.807) is 42.5 Å². The van der Waals surface area contributed by atoms with Gasteiger partial charge in [0.1, 0.15) is 19.8 Å². The van der Waals surface area contributed by atoms with E-state index in [0.29, 0.717) is 30.4 Å². The Morgan fingerprint density at radius 1 is 0.914 bits per heavy atom. The zero-order valence-corrected chi connectivity index (χ0v) is 21.3.